The highest BCUT2D eigenvalue weighted by atomic mass is 16.5. The van der Waals surface area contributed by atoms with Gasteiger partial charge in [-0.3, -0.25) is 4.79 Å². The Morgan fingerprint density at radius 2 is 2.07 bits per heavy atom. The number of rotatable bonds is 5. The van der Waals surface area contributed by atoms with E-state index in [0.29, 0.717) is 36.9 Å². The zero-order chi connectivity index (χ0) is 18.8. The van der Waals surface area contributed by atoms with E-state index < -0.39 is 0 Å². The van der Waals surface area contributed by atoms with Crippen LogP contribution in [0.25, 0.3) is 11.4 Å². The average Bonchev–Trinajstić information content (AvgIpc) is 3.29. The van der Waals surface area contributed by atoms with Crippen molar-refractivity contribution in [2.24, 2.45) is 0 Å². The number of carbonyl (C=O) groups is 1. The maximum Gasteiger partial charge on any atom is 0.249 e. The van der Waals surface area contributed by atoms with Gasteiger partial charge in [-0.15, -0.1) is 0 Å². The fraction of sp³-hybridized carbons (Fsp3) is 0.286. The van der Waals surface area contributed by atoms with Crippen LogP contribution in [0.1, 0.15) is 35.9 Å². The maximum absolute atomic E-state index is 12.4. The van der Waals surface area contributed by atoms with E-state index >= 15 is 0 Å². The van der Waals surface area contributed by atoms with E-state index in [1.165, 1.54) is 5.56 Å². The van der Waals surface area contributed by atoms with Gasteiger partial charge in [0, 0.05) is 13.0 Å². The maximum atomic E-state index is 12.4. The van der Waals surface area contributed by atoms with Gasteiger partial charge in [-0.05, 0) is 31.0 Å². The Bertz CT molecular complexity index is 967. The number of aromatic nitrogens is 2. The number of ether oxygens (including phenoxy) is 1. The van der Waals surface area contributed by atoms with Crippen molar-refractivity contribution >= 4 is 5.91 Å². The third-order valence-corrected chi connectivity index (χ3v) is 4.84. The van der Waals surface area contributed by atoms with Crippen molar-refractivity contribution in [3.63, 3.8) is 0 Å². The molecule has 138 valence electrons. The van der Waals surface area contributed by atoms with E-state index in [1.54, 1.807) is 7.11 Å². The second kappa shape index (κ2) is 7.23. The smallest absolute Gasteiger partial charge is 0.249 e. The first-order valence-corrected chi connectivity index (χ1v) is 8.97. The molecule has 1 aliphatic heterocycles. The van der Waals surface area contributed by atoms with E-state index in [9.17, 15) is 4.79 Å². The first-order valence-electron chi connectivity index (χ1n) is 8.97. The zero-order valence-electron chi connectivity index (χ0n) is 15.4. The van der Waals surface area contributed by atoms with Crippen molar-refractivity contribution < 1.29 is 14.1 Å². The third kappa shape index (κ3) is 3.43. The van der Waals surface area contributed by atoms with Crippen LogP contribution in [0.15, 0.2) is 53.1 Å². The summed E-state index contributed by atoms with van der Waals surface area (Å²) >= 11 is 0. The highest BCUT2D eigenvalue weighted by Crippen LogP contribution is 2.35. The first kappa shape index (κ1) is 17.3. The lowest BCUT2D eigenvalue weighted by Crippen LogP contribution is -2.27. The van der Waals surface area contributed by atoms with Crippen molar-refractivity contribution in [1.29, 1.82) is 0 Å². The summed E-state index contributed by atoms with van der Waals surface area (Å²) in [5, 5.41) is 4.12. The van der Waals surface area contributed by atoms with Crippen molar-refractivity contribution in [3.05, 3.63) is 65.5 Å². The second-order valence-electron chi connectivity index (χ2n) is 6.72. The number of hydrogen-bond donors (Lipinski definition) is 0. The topological polar surface area (TPSA) is 68.5 Å². The van der Waals surface area contributed by atoms with Gasteiger partial charge < -0.3 is 14.2 Å². The van der Waals surface area contributed by atoms with E-state index in [1.807, 2.05) is 54.3 Å². The Morgan fingerprint density at radius 1 is 1.22 bits per heavy atom. The van der Waals surface area contributed by atoms with Crippen LogP contribution in [0, 0.1) is 6.92 Å². The summed E-state index contributed by atoms with van der Waals surface area (Å²) in [5.41, 5.74) is 3.04. The van der Waals surface area contributed by atoms with Crippen LogP contribution in [0.2, 0.25) is 0 Å². The predicted octanol–water partition coefficient (Wildman–Crippen LogP) is 3.92. The van der Waals surface area contributed by atoms with Gasteiger partial charge in [-0.25, -0.2) is 0 Å². The molecule has 0 radical (unpaired) electrons. The van der Waals surface area contributed by atoms with E-state index in [2.05, 4.69) is 16.2 Å². The molecule has 6 nitrogen and oxygen atoms in total. The SMILES string of the molecule is COc1ccccc1-c1noc(C2CCC(=O)N2Cc2cccc(C)c2)n1. The molecule has 1 amide bonds. The zero-order valence-corrected chi connectivity index (χ0v) is 15.4. The lowest BCUT2D eigenvalue weighted by Gasteiger charge is -2.22. The lowest BCUT2D eigenvalue weighted by atomic mass is 10.1. The molecule has 0 saturated carbocycles. The number of methoxy groups -OCH3 is 1. The molecular formula is C21H21N3O3. The van der Waals surface area contributed by atoms with Crippen molar-refractivity contribution in [2.75, 3.05) is 7.11 Å². The molecule has 2 heterocycles. The monoisotopic (exact) mass is 363 g/mol. The van der Waals surface area contributed by atoms with Gasteiger partial charge in [0.1, 0.15) is 11.8 Å². The fourth-order valence-electron chi connectivity index (χ4n) is 3.51. The number of amides is 1. The minimum atomic E-state index is -0.200. The number of carbonyl (C=O) groups excluding carboxylic acids is 1. The van der Waals surface area contributed by atoms with Crippen LogP contribution in [-0.2, 0) is 11.3 Å². The first-order chi connectivity index (χ1) is 13.2. The van der Waals surface area contributed by atoms with Crippen LogP contribution in [0.5, 0.6) is 5.75 Å². The number of benzene rings is 2. The molecule has 0 N–H and O–H groups in total. The van der Waals surface area contributed by atoms with Gasteiger partial charge in [0.25, 0.3) is 0 Å². The molecule has 3 aromatic rings. The van der Waals surface area contributed by atoms with Crippen LogP contribution in [0.4, 0.5) is 0 Å². The standard InChI is InChI=1S/C21H21N3O3/c1-14-6-5-7-15(12-14)13-24-17(10-11-19(24)25)21-22-20(23-27-21)16-8-3-4-9-18(16)26-2/h3-9,12,17H,10-11,13H2,1-2H3. The molecule has 1 saturated heterocycles. The summed E-state index contributed by atoms with van der Waals surface area (Å²) in [4.78, 5) is 18.8. The number of likely N-dealkylation sites (tertiary alicyclic amines) is 1. The minimum absolute atomic E-state index is 0.110. The molecule has 2 aromatic carbocycles. The number of para-hydroxylation sites is 1. The quantitative estimate of drug-likeness (QED) is 0.687. The minimum Gasteiger partial charge on any atom is -0.496 e. The molecule has 0 aliphatic carbocycles. The number of hydrogen-bond acceptors (Lipinski definition) is 5. The molecule has 27 heavy (non-hydrogen) atoms. The molecule has 0 bridgehead atoms. The molecular weight excluding hydrogens is 342 g/mol. The van der Waals surface area contributed by atoms with Gasteiger partial charge in [0.05, 0.1) is 12.7 Å². The lowest BCUT2D eigenvalue weighted by molar-refractivity contribution is -0.129. The van der Waals surface area contributed by atoms with Crippen LogP contribution in [-0.4, -0.2) is 28.1 Å². The van der Waals surface area contributed by atoms with Crippen molar-refractivity contribution in [2.45, 2.75) is 32.4 Å². The Morgan fingerprint density at radius 3 is 2.89 bits per heavy atom. The van der Waals surface area contributed by atoms with Crippen LogP contribution < -0.4 is 4.74 Å². The molecule has 0 spiro atoms. The predicted molar refractivity (Wildman–Crippen MR) is 100.0 cm³/mol. The Balaban J connectivity index is 1.61. The van der Waals surface area contributed by atoms with E-state index in [-0.39, 0.29) is 11.9 Å². The Labute approximate surface area is 157 Å². The van der Waals surface area contributed by atoms with E-state index in [4.69, 9.17) is 9.26 Å². The fourth-order valence-corrected chi connectivity index (χ4v) is 3.51. The van der Waals surface area contributed by atoms with Crippen molar-refractivity contribution in [1.82, 2.24) is 15.0 Å². The highest BCUT2D eigenvalue weighted by Gasteiger charge is 2.36. The summed E-state index contributed by atoms with van der Waals surface area (Å²) in [5.74, 6) is 1.73. The average molecular weight is 363 g/mol. The second-order valence-corrected chi connectivity index (χ2v) is 6.72. The summed E-state index contributed by atoms with van der Waals surface area (Å²) in [6, 6.07) is 15.5. The highest BCUT2D eigenvalue weighted by molar-refractivity contribution is 5.79. The van der Waals surface area contributed by atoms with Gasteiger partial charge >= 0.3 is 0 Å². The normalized spacial score (nSPS) is 16.7. The largest absolute Gasteiger partial charge is 0.496 e. The summed E-state index contributed by atoms with van der Waals surface area (Å²) < 4.78 is 10.9. The number of nitrogens with zero attached hydrogens (tertiary/aromatic N) is 3. The Hall–Kier alpha value is -3.15. The summed E-state index contributed by atoms with van der Waals surface area (Å²) in [6.45, 7) is 2.59. The molecule has 1 aliphatic rings. The van der Waals surface area contributed by atoms with Crippen LogP contribution in [0.3, 0.4) is 0 Å². The Kier molecular flexibility index (Phi) is 4.62. The van der Waals surface area contributed by atoms with Gasteiger partial charge in [0.2, 0.25) is 17.6 Å². The number of aryl methyl sites for hydroxylation is 1. The molecule has 1 atom stereocenters. The van der Waals surface area contributed by atoms with Gasteiger partial charge in [0.15, 0.2) is 0 Å². The van der Waals surface area contributed by atoms with Crippen molar-refractivity contribution in [3.8, 4) is 17.1 Å². The molecule has 6 heteroatoms. The van der Waals surface area contributed by atoms with Crippen LogP contribution >= 0.6 is 0 Å². The molecule has 1 aromatic heterocycles. The van der Waals surface area contributed by atoms with E-state index in [0.717, 1.165) is 11.1 Å². The summed E-state index contributed by atoms with van der Waals surface area (Å²) in [7, 11) is 1.61. The molecule has 4 rings (SSSR count). The van der Waals surface area contributed by atoms with Gasteiger partial charge in [-0.1, -0.05) is 47.1 Å². The molecule has 1 unspecified atom stereocenters. The molecule has 1 fully saturated rings. The van der Waals surface area contributed by atoms with Gasteiger partial charge in [-0.2, -0.15) is 4.98 Å². The summed E-state index contributed by atoms with van der Waals surface area (Å²) in [6.07, 6.45) is 1.17. The third-order valence-electron chi connectivity index (χ3n) is 4.84.